The molecule has 0 saturated carbocycles. The van der Waals surface area contributed by atoms with E-state index in [0.29, 0.717) is 0 Å². The molecule has 13 heavy (non-hydrogen) atoms. The van der Waals surface area contributed by atoms with Crippen LogP contribution in [0.3, 0.4) is 0 Å². The molecule has 0 saturated heterocycles. The molecule has 0 amide bonds. The smallest absolute Gasteiger partial charge is 0.0705 e. The quantitative estimate of drug-likeness (QED) is 0.669. The van der Waals surface area contributed by atoms with Gasteiger partial charge in [0, 0.05) is 6.20 Å². The molecule has 0 fully saturated rings. The van der Waals surface area contributed by atoms with E-state index in [1.54, 1.807) is 6.20 Å². The molecule has 0 atom stereocenters. The minimum atomic E-state index is 0.869. The van der Waals surface area contributed by atoms with Gasteiger partial charge in [-0.2, -0.15) is 0 Å². The summed E-state index contributed by atoms with van der Waals surface area (Å²) in [5.41, 5.74) is 1.93. The van der Waals surface area contributed by atoms with Gasteiger partial charge in [0.2, 0.25) is 0 Å². The van der Waals surface area contributed by atoms with Crippen molar-refractivity contribution in [1.82, 2.24) is 4.98 Å². The van der Waals surface area contributed by atoms with Crippen LogP contribution in [0.2, 0.25) is 0 Å². The topological polar surface area (TPSA) is 12.9 Å². The third-order valence-electron chi connectivity index (χ3n) is 1.71. The molecule has 1 heteroatoms. The van der Waals surface area contributed by atoms with E-state index in [1.165, 1.54) is 0 Å². The Morgan fingerprint density at radius 1 is 0.846 bits per heavy atom. The molecule has 62 valence electrons. The maximum atomic E-state index is 4.16. The van der Waals surface area contributed by atoms with Gasteiger partial charge in [-0.05, 0) is 17.7 Å². The van der Waals surface area contributed by atoms with E-state index in [2.05, 4.69) is 11.4 Å². The zero-order valence-electron chi connectivity index (χ0n) is 7.14. The summed E-state index contributed by atoms with van der Waals surface area (Å²) in [5.74, 6) is 0. The molecule has 0 aliphatic heterocycles. The average Bonchev–Trinajstić information content (AvgIpc) is 2.21. The van der Waals surface area contributed by atoms with E-state index < -0.39 is 0 Å². The van der Waals surface area contributed by atoms with E-state index in [-0.39, 0.29) is 0 Å². The first-order valence-corrected chi connectivity index (χ1v) is 4.18. The van der Waals surface area contributed by atoms with Crippen molar-refractivity contribution in [3.8, 4) is 0 Å². The van der Waals surface area contributed by atoms with Crippen molar-refractivity contribution in [2.75, 3.05) is 0 Å². The highest BCUT2D eigenvalue weighted by atomic mass is 14.7. The summed E-state index contributed by atoms with van der Waals surface area (Å²) in [4.78, 5) is 4.16. The molecule has 1 heterocycles. The van der Waals surface area contributed by atoms with Gasteiger partial charge in [0.1, 0.15) is 0 Å². The lowest BCUT2D eigenvalue weighted by molar-refractivity contribution is 1.22. The lowest BCUT2D eigenvalue weighted by Gasteiger charge is -1.97. The van der Waals surface area contributed by atoms with Crippen LogP contribution in [-0.2, 0) is 0 Å². The zero-order chi connectivity index (χ0) is 8.93. The fourth-order valence-corrected chi connectivity index (χ4v) is 1.11. The van der Waals surface area contributed by atoms with Crippen LogP contribution in [-0.4, -0.2) is 4.98 Å². The first-order valence-electron chi connectivity index (χ1n) is 4.18. The fraction of sp³-hybridized carbons (Fsp3) is 0. The van der Waals surface area contributed by atoms with Crippen LogP contribution in [0.15, 0.2) is 54.7 Å². The third kappa shape index (κ3) is 2.15. The number of rotatable bonds is 2. The number of pyridine rings is 1. The Bertz CT molecular complexity index is 316. The van der Waals surface area contributed by atoms with Gasteiger partial charge < -0.3 is 0 Å². The number of hydrogen-bond acceptors (Lipinski definition) is 1. The molecule has 2 radical (unpaired) electrons. The Morgan fingerprint density at radius 2 is 1.62 bits per heavy atom. The van der Waals surface area contributed by atoms with Gasteiger partial charge in [-0.25, -0.2) is 0 Å². The monoisotopic (exact) mass is 167 g/mol. The van der Waals surface area contributed by atoms with E-state index in [1.807, 2.05) is 48.5 Å². The highest BCUT2D eigenvalue weighted by Crippen LogP contribution is 2.07. The van der Waals surface area contributed by atoms with Crippen LogP contribution in [0.25, 0.3) is 0 Å². The fourth-order valence-electron chi connectivity index (χ4n) is 1.11. The zero-order valence-corrected chi connectivity index (χ0v) is 7.14. The first kappa shape index (κ1) is 7.99. The van der Waals surface area contributed by atoms with Gasteiger partial charge in [0.05, 0.1) is 12.1 Å². The Morgan fingerprint density at radius 3 is 2.31 bits per heavy atom. The van der Waals surface area contributed by atoms with Crippen molar-refractivity contribution < 1.29 is 0 Å². The highest BCUT2D eigenvalue weighted by molar-refractivity contribution is 5.32. The van der Waals surface area contributed by atoms with Crippen molar-refractivity contribution in [3.05, 3.63) is 72.4 Å². The molecule has 0 N–H and O–H groups in total. The van der Waals surface area contributed by atoms with Crippen molar-refractivity contribution in [1.29, 1.82) is 0 Å². The second-order valence-electron chi connectivity index (χ2n) is 2.71. The summed E-state index contributed by atoms with van der Waals surface area (Å²) >= 11 is 0. The molecule has 0 bridgehead atoms. The predicted octanol–water partition coefficient (Wildman–Crippen LogP) is 2.56. The molecule has 2 rings (SSSR count). The number of aromatic nitrogens is 1. The molecular weight excluding hydrogens is 158 g/mol. The molecular formula is C12H9N. The second-order valence-corrected chi connectivity index (χ2v) is 2.71. The van der Waals surface area contributed by atoms with E-state index >= 15 is 0 Å². The van der Waals surface area contributed by atoms with Crippen molar-refractivity contribution >= 4 is 0 Å². The summed E-state index contributed by atoms with van der Waals surface area (Å²) in [5, 5.41) is 0. The molecule has 1 nitrogen and oxygen atoms in total. The van der Waals surface area contributed by atoms with Crippen LogP contribution in [0.1, 0.15) is 11.3 Å². The summed E-state index contributed by atoms with van der Waals surface area (Å²) < 4.78 is 0. The van der Waals surface area contributed by atoms with Crippen LogP contribution >= 0.6 is 0 Å². The molecule has 0 aliphatic carbocycles. The SMILES string of the molecule is [C](c1ccccc1)c1ccccn1. The Balaban J connectivity index is 2.16. The van der Waals surface area contributed by atoms with E-state index in [0.717, 1.165) is 11.3 Å². The molecule has 2 aromatic rings. The summed E-state index contributed by atoms with van der Waals surface area (Å²) in [6.45, 7) is 0. The average molecular weight is 167 g/mol. The van der Waals surface area contributed by atoms with Gasteiger partial charge >= 0.3 is 0 Å². The summed E-state index contributed by atoms with van der Waals surface area (Å²) in [7, 11) is 0. The maximum Gasteiger partial charge on any atom is 0.0705 e. The number of hydrogen-bond donors (Lipinski definition) is 0. The lowest BCUT2D eigenvalue weighted by atomic mass is 10.1. The maximum absolute atomic E-state index is 4.16. The normalized spacial score (nSPS) is 9.85. The van der Waals surface area contributed by atoms with Crippen LogP contribution in [0.4, 0.5) is 0 Å². The number of benzene rings is 1. The molecule has 0 spiro atoms. The Hall–Kier alpha value is -1.63. The standard InChI is InChI=1S/C12H9N/c1-2-6-11(7-3-1)10-12-8-4-5-9-13-12/h1-9H. The van der Waals surface area contributed by atoms with Gasteiger partial charge in [-0.3, -0.25) is 4.98 Å². The Kier molecular flexibility index (Phi) is 2.37. The van der Waals surface area contributed by atoms with Crippen LogP contribution < -0.4 is 0 Å². The minimum absolute atomic E-state index is 0.869. The van der Waals surface area contributed by atoms with E-state index in [4.69, 9.17) is 0 Å². The third-order valence-corrected chi connectivity index (χ3v) is 1.71. The molecule has 0 aliphatic rings. The van der Waals surface area contributed by atoms with Crippen LogP contribution in [0.5, 0.6) is 0 Å². The first-order chi connectivity index (χ1) is 6.45. The number of nitrogens with zero attached hydrogens (tertiary/aromatic N) is 1. The predicted molar refractivity (Wildman–Crippen MR) is 52.1 cm³/mol. The van der Waals surface area contributed by atoms with Gasteiger partial charge in [0.25, 0.3) is 0 Å². The van der Waals surface area contributed by atoms with Gasteiger partial charge in [-0.1, -0.05) is 36.4 Å². The summed E-state index contributed by atoms with van der Waals surface area (Å²) in [6.07, 6.45) is 4.96. The highest BCUT2D eigenvalue weighted by Gasteiger charge is 1.95. The van der Waals surface area contributed by atoms with Crippen molar-refractivity contribution in [3.63, 3.8) is 0 Å². The van der Waals surface area contributed by atoms with Gasteiger partial charge in [0.15, 0.2) is 0 Å². The Labute approximate surface area is 78.1 Å². The largest absolute Gasteiger partial charge is 0.260 e. The van der Waals surface area contributed by atoms with E-state index in [9.17, 15) is 0 Å². The summed E-state index contributed by atoms with van der Waals surface area (Å²) in [6, 6.07) is 15.8. The molecule has 0 unspecified atom stereocenters. The molecule has 1 aromatic heterocycles. The van der Waals surface area contributed by atoms with Gasteiger partial charge in [-0.15, -0.1) is 0 Å². The minimum Gasteiger partial charge on any atom is -0.260 e. The van der Waals surface area contributed by atoms with Crippen molar-refractivity contribution in [2.45, 2.75) is 0 Å². The molecule has 1 aromatic carbocycles. The van der Waals surface area contributed by atoms with Crippen molar-refractivity contribution in [2.24, 2.45) is 0 Å². The lowest BCUT2D eigenvalue weighted by Crippen LogP contribution is -1.86. The van der Waals surface area contributed by atoms with Crippen LogP contribution in [0, 0.1) is 6.42 Å². The second kappa shape index (κ2) is 3.85.